The van der Waals surface area contributed by atoms with Crippen LogP contribution in [-0.2, 0) is 0 Å². The lowest BCUT2D eigenvalue weighted by molar-refractivity contribution is 0.155. The zero-order valence-electron chi connectivity index (χ0n) is 12.2. The van der Waals surface area contributed by atoms with E-state index in [0.29, 0.717) is 24.3 Å². The van der Waals surface area contributed by atoms with Crippen LogP contribution in [0.25, 0.3) is 0 Å². The molecular weight excluding hydrogens is 256 g/mol. The molecule has 1 aromatic rings. The number of likely N-dealkylation sites (tertiary alicyclic amines) is 1. The van der Waals surface area contributed by atoms with Crippen molar-refractivity contribution in [3.05, 3.63) is 11.7 Å². The molecule has 0 aromatic carbocycles. The van der Waals surface area contributed by atoms with Crippen molar-refractivity contribution in [2.24, 2.45) is 0 Å². The number of hydrogen-bond donors (Lipinski definition) is 0. The van der Waals surface area contributed by atoms with Crippen LogP contribution in [0.15, 0.2) is 4.52 Å². The van der Waals surface area contributed by atoms with Crippen molar-refractivity contribution < 1.29 is 9.32 Å². The first kappa shape index (κ1) is 13.4. The number of aryl methyl sites for hydroxylation is 1. The first-order valence-electron chi connectivity index (χ1n) is 7.47. The van der Waals surface area contributed by atoms with E-state index in [9.17, 15) is 4.79 Å². The molecule has 1 unspecified atom stereocenters. The number of aromatic nitrogens is 2. The maximum atomic E-state index is 12.5. The predicted octanol–water partition coefficient (Wildman–Crippen LogP) is 2.16. The fourth-order valence-electron chi connectivity index (χ4n) is 3.29. The normalized spacial score (nSPS) is 23.5. The highest BCUT2D eigenvalue weighted by Gasteiger charge is 2.34. The third-order valence-electron chi connectivity index (χ3n) is 4.53. The summed E-state index contributed by atoms with van der Waals surface area (Å²) in [5.41, 5.74) is 0. The molecule has 3 rings (SSSR count). The molecule has 0 spiro atoms. The van der Waals surface area contributed by atoms with E-state index in [1.54, 1.807) is 0 Å². The monoisotopic (exact) mass is 278 g/mol. The zero-order valence-corrected chi connectivity index (χ0v) is 12.2. The van der Waals surface area contributed by atoms with Crippen molar-refractivity contribution >= 4 is 6.03 Å². The SMILES string of the molecule is Cc1noc(C2CCN(C(=O)N(C)C3CCCC3)C2)n1. The summed E-state index contributed by atoms with van der Waals surface area (Å²) in [6.07, 6.45) is 5.68. The minimum Gasteiger partial charge on any atom is -0.339 e. The van der Waals surface area contributed by atoms with Crippen LogP contribution in [0.5, 0.6) is 0 Å². The molecule has 6 heteroatoms. The van der Waals surface area contributed by atoms with Crippen molar-refractivity contribution in [3.63, 3.8) is 0 Å². The average molecular weight is 278 g/mol. The molecule has 1 aromatic heterocycles. The van der Waals surface area contributed by atoms with Crippen LogP contribution in [-0.4, -0.2) is 52.2 Å². The fourth-order valence-corrected chi connectivity index (χ4v) is 3.29. The Balaban J connectivity index is 1.60. The Kier molecular flexibility index (Phi) is 3.63. The third kappa shape index (κ3) is 2.51. The van der Waals surface area contributed by atoms with Gasteiger partial charge in [-0.1, -0.05) is 18.0 Å². The molecule has 1 saturated carbocycles. The number of hydrogen-bond acceptors (Lipinski definition) is 4. The molecular formula is C14H22N4O2. The quantitative estimate of drug-likeness (QED) is 0.831. The molecule has 0 radical (unpaired) electrons. The summed E-state index contributed by atoms with van der Waals surface area (Å²) < 4.78 is 5.22. The van der Waals surface area contributed by atoms with Crippen LogP contribution in [0.4, 0.5) is 4.79 Å². The lowest BCUT2D eigenvalue weighted by Gasteiger charge is -2.29. The highest BCUT2D eigenvalue weighted by Crippen LogP contribution is 2.28. The summed E-state index contributed by atoms with van der Waals surface area (Å²) >= 11 is 0. The van der Waals surface area contributed by atoms with E-state index in [1.165, 1.54) is 12.8 Å². The number of carbonyl (C=O) groups is 1. The van der Waals surface area contributed by atoms with Crippen molar-refractivity contribution in [3.8, 4) is 0 Å². The molecule has 2 aliphatic rings. The van der Waals surface area contributed by atoms with Gasteiger partial charge in [-0.05, 0) is 26.2 Å². The van der Waals surface area contributed by atoms with Gasteiger partial charge in [0.1, 0.15) is 0 Å². The molecule has 1 aliphatic heterocycles. The van der Waals surface area contributed by atoms with E-state index in [0.717, 1.165) is 25.8 Å². The molecule has 0 bridgehead atoms. The number of carbonyl (C=O) groups excluding carboxylic acids is 1. The first-order chi connectivity index (χ1) is 9.65. The van der Waals surface area contributed by atoms with Gasteiger partial charge in [0.2, 0.25) is 5.89 Å². The lowest BCUT2D eigenvalue weighted by Crippen LogP contribution is -2.44. The Hall–Kier alpha value is -1.59. The van der Waals surface area contributed by atoms with E-state index in [4.69, 9.17) is 4.52 Å². The second-order valence-corrected chi connectivity index (χ2v) is 5.94. The van der Waals surface area contributed by atoms with Gasteiger partial charge in [-0.15, -0.1) is 0 Å². The summed E-state index contributed by atoms with van der Waals surface area (Å²) in [4.78, 5) is 20.6. The van der Waals surface area contributed by atoms with Gasteiger partial charge in [-0.25, -0.2) is 4.79 Å². The van der Waals surface area contributed by atoms with Gasteiger partial charge >= 0.3 is 6.03 Å². The average Bonchev–Trinajstić information content (AvgIpc) is 3.17. The van der Waals surface area contributed by atoms with Crippen LogP contribution in [0.2, 0.25) is 0 Å². The first-order valence-corrected chi connectivity index (χ1v) is 7.47. The zero-order chi connectivity index (χ0) is 14.1. The third-order valence-corrected chi connectivity index (χ3v) is 4.53. The number of nitrogens with zero attached hydrogens (tertiary/aromatic N) is 4. The molecule has 110 valence electrons. The van der Waals surface area contributed by atoms with Gasteiger partial charge in [0.25, 0.3) is 0 Å². The van der Waals surface area contributed by atoms with Crippen LogP contribution in [0.1, 0.15) is 49.7 Å². The molecule has 1 atom stereocenters. The highest BCUT2D eigenvalue weighted by atomic mass is 16.5. The molecule has 20 heavy (non-hydrogen) atoms. The summed E-state index contributed by atoms with van der Waals surface area (Å²) in [7, 11) is 1.93. The van der Waals surface area contributed by atoms with Crippen LogP contribution in [0, 0.1) is 6.92 Å². The standard InChI is InChI=1S/C14H22N4O2/c1-10-15-13(20-16-10)11-7-8-18(9-11)14(19)17(2)12-5-3-4-6-12/h11-12H,3-9H2,1-2H3. The second kappa shape index (κ2) is 5.42. The Labute approximate surface area is 119 Å². The lowest BCUT2D eigenvalue weighted by atomic mass is 10.1. The van der Waals surface area contributed by atoms with Gasteiger partial charge in [-0.3, -0.25) is 0 Å². The maximum Gasteiger partial charge on any atom is 0.320 e. The van der Waals surface area contributed by atoms with Gasteiger partial charge in [0, 0.05) is 26.2 Å². The number of rotatable bonds is 2. The van der Waals surface area contributed by atoms with Gasteiger partial charge < -0.3 is 14.3 Å². The van der Waals surface area contributed by atoms with Crippen LogP contribution < -0.4 is 0 Å². The molecule has 6 nitrogen and oxygen atoms in total. The molecule has 2 amide bonds. The Bertz CT molecular complexity index is 481. The van der Waals surface area contributed by atoms with E-state index >= 15 is 0 Å². The van der Waals surface area contributed by atoms with Crippen molar-refractivity contribution in [2.45, 2.75) is 51.0 Å². The number of amides is 2. The van der Waals surface area contributed by atoms with Crippen LogP contribution >= 0.6 is 0 Å². The largest absolute Gasteiger partial charge is 0.339 e. The topological polar surface area (TPSA) is 62.5 Å². The van der Waals surface area contributed by atoms with Gasteiger partial charge in [0.05, 0.1) is 5.92 Å². The molecule has 1 saturated heterocycles. The van der Waals surface area contributed by atoms with E-state index in [2.05, 4.69) is 10.1 Å². The molecule has 2 heterocycles. The molecule has 2 fully saturated rings. The predicted molar refractivity (Wildman–Crippen MR) is 73.4 cm³/mol. The fraction of sp³-hybridized carbons (Fsp3) is 0.786. The van der Waals surface area contributed by atoms with E-state index < -0.39 is 0 Å². The van der Waals surface area contributed by atoms with E-state index in [-0.39, 0.29) is 11.9 Å². The maximum absolute atomic E-state index is 12.5. The van der Waals surface area contributed by atoms with Gasteiger partial charge in [-0.2, -0.15) is 4.98 Å². The Morgan fingerprint density at radius 3 is 2.75 bits per heavy atom. The summed E-state index contributed by atoms with van der Waals surface area (Å²) in [6.45, 7) is 3.29. The Morgan fingerprint density at radius 1 is 1.35 bits per heavy atom. The second-order valence-electron chi connectivity index (χ2n) is 5.94. The summed E-state index contributed by atoms with van der Waals surface area (Å²) in [6, 6.07) is 0.572. The molecule has 0 N–H and O–H groups in total. The van der Waals surface area contributed by atoms with Crippen molar-refractivity contribution in [1.82, 2.24) is 19.9 Å². The smallest absolute Gasteiger partial charge is 0.320 e. The van der Waals surface area contributed by atoms with Crippen molar-refractivity contribution in [2.75, 3.05) is 20.1 Å². The Morgan fingerprint density at radius 2 is 2.10 bits per heavy atom. The summed E-state index contributed by atoms with van der Waals surface area (Å²) in [5, 5.41) is 3.83. The number of urea groups is 1. The molecule has 1 aliphatic carbocycles. The minimum atomic E-state index is 0.149. The minimum absolute atomic E-state index is 0.149. The van der Waals surface area contributed by atoms with Crippen LogP contribution in [0.3, 0.4) is 0 Å². The summed E-state index contributed by atoms with van der Waals surface area (Å²) in [5.74, 6) is 1.52. The van der Waals surface area contributed by atoms with E-state index in [1.807, 2.05) is 23.8 Å². The highest BCUT2D eigenvalue weighted by molar-refractivity contribution is 5.75. The van der Waals surface area contributed by atoms with Crippen molar-refractivity contribution in [1.29, 1.82) is 0 Å². The van der Waals surface area contributed by atoms with Gasteiger partial charge in [0.15, 0.2) is 5.82 Å².